The Morgan fingerprint density at radius 3 is 2.62 bits per heavy atom. The Hall–Kier alpha value is -0.570. The first kappa shape index (κ1) is 11.9. The Balaban J connectivity index is 2.06. The van der Waals surface area contributed by atoms with Gasteiger partial charge in [0.05, 0.1) is 5.54 Å². The van der Waals surface area contributed by atoms with Gasteiger partial charge < -0.3 is 10.6 Å². The van der Waals surface area contributed by atoms with Crippen LogP contribution in [0.5, 0.6) is 0 Å². The van der Waals surface area contributed by atoms with Crippen LogP contribution in [0.3, 0.4) is 0 Å². The summed E-state index contributed by atoms with van der Waals surface area (Å²) in [6.07, 6.45) is 6.87. The normalized spacial score (nSPS) is 29.9. The largest absolute Gasteiger partial charge is 0.338 e. The molecule has 2 aliphatic rings. The molecule has 3 heteroatoms. The summed E-state index contributed by atoms with van der Waals surface area (Å²) in [4.78, 5) is 14.5. The summed E-state index contributed by atoms with van der Waals surface area (Å²) in [5.41, 5.74) is 5.62. The summed E-state index contributed by atoms with van der Waals surface area (Å²) in [6, 6.07) is 0.433. The van der Waals surface area contributed by atoms with Crippen LogP contribution >= 0.6 is 0 Å². The van der Waals surface area contributed by atoms with E-state index in [1.165, 1.54) is 6.42 Å². The van der Waals surface area contributed by atoms with Gasteiger partial charge in [-0.25, -0.2) is 0 Å². The molecule has 92 valence electrons. The highest BCUT2D eigenvalue weighted by molar-refractivity contribution is 5.86. The van der Waals surface area contributed by atoms with E-state index in [-0.39, 0.29) is 5.91 Å². The second kappa shape index (κ2) is 4.36. The summed E-state index contributed by atoms with van der Waals surface area (Å²) >= 11 is 0. The van der Waals surface area contributed by atoms with Gasteiger partial charge in [0.25, 0.3) is 0 Å². The SMILES string of the molecule is CCC1CCCCN1C(=O)C(C)(N)C1CC1. The van der Waals surface area contributed by atoms with Crippen molar-refractivity contribution in [3.63, 3.8) is 0 Å². The molecule has 2 atom stereocenters. The molecule has 0 spiro atoms. The van der Waals surface area contributed by atoms with Crippen molar-refractivity contribution in [2.45, 2.75) is 64.0 Å². The van der Waals surface area contributed by atoms with Gasteiger partial charge in [0.1, 0.15) is 0 Å². The van der Waals surface area contributed by atoms with Crippen LogP contribution in [0.15, 0.2) is 0 Å². The number of amides is 1. The summed E-state index contributed by atoms with van der Waals surface area (Å²) in [6.45, 7) is 5.01. The van der Waals surface area contributed by atoms with Gasteiger partial charge in [-0.1, -0.05) is 6.92 Å². The second-order valence-electron chi connectivity index (χ2n) is 5.61. The average molecular weight is 224 g/mol. The van der Waals surface area contributed by atoms with Crippen LogP contribution in [0.2, 0.25) is 0 Å². The van der Waals surface area contributed by atoms with Crippen LogP contribution in [0.1, 0.15) is 52.4 Å². The third-order valence-corrected chi connectivity index (χ3v) is 4.25. The van der Waals surface area contributed by atoms with Crippen molar-refractivity contribution in [3.05, 3.63) is 0 Å². The van der Waals surface area contributed by atoms with Gasteiger partial charge in [-0.3, -0.25) is 4.79 Å². The Morgan fingerprint density at radius 2 is 2.06 bits per heavy atom. The molecule has 1 aliphatic carbocycles. The van der Waals surface area contributed by atoms with E-state index >= 15 is 0 Å². The Kier molecular flexibility index (Phi) is 3.24. The zero-order valence-corrected chi connectivity index (χ0v) is 10.5. The lowest BCUT2D eigenvalue weighted by atomic mass is 9.91. The van der Waals surface area contributed by atoms with Crippen LogP contribution in [0.25, 0.3) is 0 Å². The zero-order chi connectivity index (χ0) is 11.8. The first-order valence-electron chi connectivity index (χ1n) is 6.67. The highest BCUT2D eigenvalue weighted by Gasteiger charge is 2.47. The molecule has 2 rings (SSSR count). The van der Waals surface area contributed by atoms with Crippen molar-refractivity contribution in [3.8, 4) is 0 Å². The topological polar surface area (TPSA) is 46.3 Å². The molecule has 2 unspecified atom stereocenters. The molecule has 0 aromatic carbocycles. The quantitative estimate of drug-likeness (QED) is 0.796. The number of rotatable bonds is 3. The smallest absolute Gasteiger partial charge is 0.242 e. The number of carbonyl (C=O) groups is 1. The molecule has 16 heavy (non-hydrogen) atoms. The monoisotopic (exact) mass is 224 g/mol. The van der Waals surface area contributed by atoms with Crippen molar-refractivity contribution < 1.29 is 4.79 Å². The maximum atomic E-state index is 12.5. The van der Waals surface area contributed by atoms with Crippen molar-refractivity contribution in [1.29, 1.82) is 0 Å². The van der Waals surface area contributed by atoms with Gasteiger partial charge in [-0.2, -0.15) is 0 Å². The van der Waals surface area contributed by atoms with E-state index in [4.69, 9.17) is 5.73 Å². The van der Waals surface area contributed by atoms with Crippen LogP contribution in [0, 0.1) is 5.92 Å². The first-order chi connectivity index (χ1) is 7.57. The van der Waals surface area contributed by atoms with Gasteiger partial charge in [-0.05, 0) is 51.4 Å². The highest BCUT2D eigenvalue weighted by atomic mass is 16.2. The fraction of sp³-hybridized carbons (Fsp3) is 0.923. The van der Waals surface area contributed by atoms with Crippen molar-refractivity contribution in [2.24, 2.45) is 11.7 Å². The molecule has 0 aromatic rings. The van der Waals surface area contributed by atoms with E-state index in [0.717, 1.165) is 38.6 Å². The van der Waals surface area contributed by atoms with Gasteiger partial charge in [0.2, 0.25) is 5.91 Å². The molecule has 1 saturated heterocycles. The van der Waals surface area contributed by atoms with Gasteiger partial charge in [0.15, 0.2) is 0 Å². The fourth-order valence-electron chi connectivity index (χ4n) is 2.86. The molecule has 0 aromatic heterocycles. The number of carbonyl (C=O) groups excluding carboxylic acids is 1. The molecular formula is C13H24N2O. The number of hydrogen-bond donors (Lipinski definition) is 1. The number of hydrogen-bond acceptors (Lipinski definition) is 2. The lowest BCUT2D eigenvalue weighted by Crippen LogP contribution is -2.58. The van der Waals surface area contributed by atoms with E-state index < -0.39 is 5.54 Å². The third-order valence-electron chi connectivity index (χ3n) is 4.25. The minimum absolute atomic E-state index is 0.196. The van der Waals surface area contributed by atoms with E-state index in [1.807, 2.05) is 6.92 Å². The Bertz CT molecular complexity index is 271. The standard InChI is InChI=1S/C13H24N2O/c1-3-11-6-4-5-9-15(11)12(16)13(2,14)10-7-8-10/h10-11H,3-9,14H2,1-2H3. The van der Waals surface area contributed by atoms with E-state index in [1.54, 1.807) is 0 Å². The molecule has 2 N–H and O–H groups in total. The average Bonchev–Trinajstić information content (AvgIpc) is 3.12. The number of likely N-dealkylation sites (tertiary alicyclic amines) is 1. The van der Waals surface area contributed by atoms with Crippen LogP contribution in [-0.4, -0.2) is 28.9 Å². The Morgan fingerprint density at radius 1 is 1.38 bits per heavy atom. The lowest BCUT2D eigenvalue weighted by molar-refractivity contribution is -0.141. The molecule has 1 amide bonds. The molecule has 1 saturated carbocycles. The Labute approximate surface area is 98.4 Å². The van der Waals surface area contributed by atoms with Crippen molar-refractivity contribution in [2.75, 3.05) is 6.54 Å². The van der Waals surface area contributed by atoms with Gasteiger partial charge in [-0.15, -0.1) is 0 Å². The summed E-state index contributed by atoms with van der Waals surface area (Å²) in [5.74, 6) is 0.626. The summed E-state index contributed by atoms with van der Waals surface area (Å²) in [7, 11) is 0. The fourth-order valence-corrected chi connectivity index (χ4v) is 2.86. The molecule has 0 bridgehead atoms. The highest BCUT2D eigenvalue weighted by Crippen LogP contribution is 2.39. The van der Waals surface area contributed by atoms with Crippen LogP contribution < -0.4 is 5.73 Å². The number of nitrogens with zero attached hydrogens (tertiary/aromatic N) is 1. The number of piperidine rings is 1. The third kappa shape index (κ3) is 2.10. The number of nitrogens with two attached hydrogens (primary N) is 1. The van der Waals surface area contributed by atoms with Gasteiger partial charge >= 0.3 is 0 Å². The first-order valence-corrected chi connectivity index (χ1v) is 6.67. The molecule has 1 heterocycles. The van der Waals surface area contributed by atoms with Crippen molar-refractivity contribution in [1.82, 2.24) is 4.90 Å². The predicted molar refractivity (Wildman–Crippen MR) is 65.0 cm³/mol. The molecule has 1 aliphatic heterocycles. The predicted octanol–water partition coefficient (Wildman–Crippen LogP) is 1.90. The van der Waals surface area contributed by atoms with Crippen LogP contribution in [0.4, 0.5) is 0 Å². The van der Waals surface area contributed by atoms with E-state index in [0.29, 0.717) is 12.0 Å². The lowest BCUT2D eigenvalue weighted by Gasteiger charge is -2.40. The molecule has 3 nitrogen and oxygen atoms in total. The van der Waals surface area contributed by atoms with E-state index in [9.17, 15) is 4.79 Å². The maximum Gasteiger partial charge on any atom is 0.242 e. The molecule has 0 radical (unpaired) electrons. The van der Waals surface area contributed by atoms with Gasteiger partial charge in [0, 0.05) is 12.6 Å². The second-order valence-corrected chi connectivity index (χ2v) is 5.61. The van der Waals surface area contributed by atoms with E-state index in [2.05, 4.69) is 11.8 Å². The minimum Gasteiger partial charge on any atom is -0.338 e. The minimum atomic E-state index is -0.606. The van der Waals surface area contributed by atoms with Crippen molar-refractivity contribution >= 4 is 5.91 Å². The molecular weight excluding hydrogens is 200 g/mol. The van der Waals surface area contributed by atoms with Crippen LogP contribution in [-0.2, 0) is 4.79 Å². The molecule has 2 fully saturated rings. The zero-order valence-electron chi connectivity index (χ0n) is 10.5. The summed E-state index contributed by atoms with van der Waals surface area (Å²) in [5, 5.41) is 0. The summed E-state index contributed by atoms with van der Waals surface area (Å²) < 4.78 is 0. The maximum absolute atomic E-state index is 12.5.